The number of likely N-dealkylation sites (tertiary alicyclic amines) is 2. The Hall–Kier alpha value is -0.420. The monoisotopic (exact) mass is 320 g/mol. The Morgan fingerprint density at radius 2 is 2.23 bits per heavy atom. The van der Waals surface area contributed by atoms with Crippen LogP contribution in [0.4, 0.5) is 0 Å². The number of rotatable bonds is 6. The van der Waals surface area contributed by atoms with Gasteiger partial charge in [-0.2, -0.15) is 0 Å². The molecule has 0 N–H and O–H groups in total. The van der Waals surface area contributed by atoms with Gasteiger partial charge in [-0.05, 0) is 50.2 Å². The molecule has 1 aliphatic carbocycles. The van der Waals surface area contributed by atoms with Gasteiger partial charge >= 0.3 is 0 Å². The van der Waals surface area contributed by atoms with Crippen molar-refractivity contribution in [3.8, 4) is 0 Å². The van der Waals surface area contributed by atoms with Crippen molar-refractivity contribution in [2.75, 3.05) is 46.4 Å². The molecule has 3 nitrogen and oxygen atoms in total. The molecule has 2 saturated heterocycles. The maximum Gasteiger partial charge on any atom is 0.0512 e. The first-order chi connectivity index (χ1) is 10.7. The van der Waals surface area contributed by atoms with Crippen LogP contribution in [0.2, 0.25) is 0 Å². The fraction of sp³-hybridized carbons (Fsp3) is 0.778. The van der Waals surface area contributed by atoms with E-state index in [0.29, 0.717) is 5.41 Å². The Bertz CT molecular complexity index is 487. The second kappa shape index (κ2) is 6.23. The lowest BCUT2D eigenvalue weighted by molar-refractivity contribution is 0.0556. The summed E-state index contributed by atoms with van der Waals surface area (Å²) in [5.74, 6) is 1.61. The van der Waals surface area contributed by atoms with E-state index < -0.39 is 0 Å². The van der Waals surface area contributed by atoms with E-state index in [4.69, 9.17) is 4.74 Å². The molecule has 1 spiro atoms. The minimum Gasteiger partial charge on any atom is -0.381 e. The first-order valence-electron chi connectivity index (χ1n) is 8.75. The summed E-state index contributed by atoms with van der Waals surface area (Å²) < 4.78 is 6.07. The van der Waals surface area contributed by atoms with Gasteiger partial charge in [0.1, 0.15) is 0 Å². The van der Waals surface area contributed by atoms with Gasteiger partial charge in [0, 0.05) is 49.0 Å². The van der Waals surface area contributed by atoms with Crippen molar-refractivity contribution in [2.24, 2.45) is 17.3 Å². The standard InChI is InChI=1S/C18H28N2OS/c1-19-9-16(12-21-11-15-4-5-15)18(13-19)6-7-20(14-18)10-17-3-2-8-22-17/h2-3,8,15-16H,4-7,9-14H2,1H3/t16-,18-/m1/s1. The van der Waals surface area contributed by atoms with Gasteiger partial charge in [0.25, 0.3) is 0 Å². The van der Waals surface area contributed by atoms with Crippen molar-refractivity contribution in [2.45, 2.75) is 25.8 Å². The summed E-state index contributed by atoms with van der Waals surface area (Å²) >= 11 is 1.89. The van der Waals surface area contributed by atoms with Crippen LogP contribution in [0.1, 0.15) is 24.1 Å². The van der Waals surface area contributed by atoms with Crippen molar-refractivity contribution in [1.82, 2.24) is 9.80 Å². The largest absolute Gasteiger partial charge is 0.381 e. The third kappa shape index (κ3) is 3.25. The van der Waals surface area contributed by atoms with Gasteiger partial charge in [-0.1, -0.05) is 6.07 Å². The summed E-state index contributed by atoms with van der Waals surface area (Å²) in [5, 5.41) is 2.19. The zero-order valence-corrected chi connectivity index (χ0v) is 14.5. The highest BCUT2D eigenvalue weighted by Crippen LogP contribution is 2.44. The lowest BCUT2D eigenvalue weighted by atomic mass is 9.77. The van der Waals surface area contributed by atoms with Crippen LogP contribution in [0.15, 0.2) is 17.5 Å². The molecular formula is C18H28N2OS. The highest BCUT2D eigenvalue weighted by molar-refractivity contribution is 7.09. The summed E-state index contributed by atoms with van der Waals surface area (Å²) in [6.07, 6.45) is 4.13. The minimum atomic E-state index is 0.482. The second-order valence-electron chi connectivity index (χ2n) is 7.78. The molecule has 0 unspecified atom stereocenters. The van der Waals surface area contributed by atoms with E-state index >= 15 is 0 Å². The lowest BCUT2D eigenvalue weighted by Crippen LogP contribution is -2.36. The van der Waals surface area contributed by atoms with Crippen LogP contribution in [0, 0.1) is 17.3 Å². The number of nitrogens with zero attached hydrogens (tertiary/aromatic N) is 2. The zero-order valence-electron chi connectivity index (χ0n) is 13.7. The Kier molecular flexibility index (Phi) is 4.29. The van der Waals surface area contributed by atoms with Gasteiger partial charge in [0.2, 0.25) is 0 Å². The number of hydrogen-bond donors (Lipinski definition) is 0. The Morgan fingerprint density at radius 1 is 1.32 bits per heavy atom. The molecule has 0 aromatic carbocycles. The Labute approximate surface area is 138 Å². The number of hydrogen-bond acceptors (Lipinski definition) is 4. The summed E-state index contributed by atoms with van der Waals surface area (Å²) in [7, 11) is 2.28. The zero-order chi connectivity index (χ0) is 15.0. The summed E-state index contributed by atoms with van der Waals surface area (Å²) in [6.45, 7) is 8.11. The molecule has 0 amide bonds. The average Bonchev–Trinajstić information content (AvgIpc) is 2.90. The smallest absolute Gasteiger partial charge is 0.0512 e. The highest BCUT2D eigenvalue weighted by atomic mass is 32.1. The molecule has 3 aliphatic rings. The van der Waals surface area contributed by atoms with Crippen LogP contribution in [0.3, 0.4) is 0 Å². The predicted molar refractivity (Wildman–Crippen MR) is 91.2 cm³/mol. The van der Waals surface area contributed by atoms with E-state index in [1.54, 1.807) is 0 Å². The van der Waals surface area contributed by atoms with Crippen LogP contribution in [-0.4, -0.2) is 56.2 Å². The van der Waals surface area contributed by atoms with Crippen molar-refractivity contribution < 1.29 is 4.74 Å². The molecule has 2 aliphatic heterocycles. The van der Waals surface area contributed by atoms with Crippen LogP contribution in [0.25, 0.3) is 0 Å². The Balaban J connectivity index is 1.35. The third-order valence-corrected chi connectivity index (χ3v) is 6.64. The SMILES string of the molecule is CN1C[C@H](COCC2CC2)[C@]2(CCN(Cc3cccs3)C2)C1. The van der Waals surface area contributed by atoms with Crippen LogP contribution in [0.5, 0.6) is 0 Å². The van der Waals surface area contributed by atoms with Crippen LogP contribution >= 0.6 is 11.3 Å². The normalized spacial score (nSPS) is 33.2. The topological polar surface area (TPSA) is 15.7 Å². The summed E-state index contributed by atoms with van der Waals surface area (Å²) in [6, 6.07) is 4.44. The molecule has 2 atom stereocenters. The van der Waals surface area contributed by atoms with Crippen LogP contribution in [-0.2, 0) is 11.3 Å². The molecule has 0 bridgehead atoms. The van der Waals surface area contributed by atoms with Crippen LogP contribution < -0.4 is 0 Å². The average molecular weight is 321 g/mol. The fourth-order valence-corrected chi connectivity index (χ4v) is 5.14. The van der Waals surface area contributed by atoms with Gasteiger partial charge in [-0.25, -0.2) is 0 Å². The predicted octanol–water partition coefficient (Wildman–Crippen LogP) is 2.93. The molecule has 22 heavy (non-hydrogen) atoms. The molecule has 3 fully saturated rings. The first-order valence-corrected chi connectivity index (χ1v) is 9.62. The van der Waals surface area contributed by atoms with E-state index in [2.05, 4.69) is 34.4 Å². The molecule has 1 saturated carbocycles. The molecular weight excluding hydrogens is 292 g/mol. The summed E-state index contributed by atoms with van der Waals surface area (Å²) in [4.78, 5) is 6.70. The van der Waals surface area contributed by atoms with Gasteiger partial charge in [0.15, 0.2) is 0 Å². The van der Waals surface area contributed by atoms with E-state index in [9.17, 15) is 0 Å². The maximum absolute atomic E-state index is 6.07. The van der Waals surface area contributed by atoms with E-state index in [1.807, 2.05) is 11.3 Å². The van der Waals surface area contributed by atoms with Crippen molar-refractivity contribution in [3.05, 3.63) is 22.4 Å². The molecule has 122 valence electrons. The fourth-order valence-electron chi connectivity index (χ4n) is 4.40. The Morgan fingerprint density at radius 3 is 3.00 bits per heavy atom. The highest BCUT2D eigenvalue weighted by Gasteiger charge is 2.49. The van der Waals surface area contributed by atoms with Gasteiger partial charge in [-0.15, -0.1) is 11.3 Å². The minimum absolute atomic E-state index is 0.482. The molecule has 1 aromatic rings. The van der Waals surface area contributed by atoms with E-state index in [-0.39, 0.29) is 0 Å². The molecule has 1 aromatic heterocycles. The molecule has 3 heterocycles. The quantitative estimate of drug-likeness (QED) is 0.801. The maximum atomic E-state index is 6.07. The number of ether oxygens (including phenoxy) is 1. The van der Waals surface area contributed by atoms with E-state index in [0.717, 1.165) is 31.6 Å². The summed E-state index contributed by atoms with van der Waals surface area (Å²) in [5.41, 5.74) is 0.482. The van der Waals surface area contributed by atoms with Gasteiger partial charge < -0.3 is 9.64 Å². The van der Waals surface area contributed by atoms with Crippen molar-refractivity contribution in [1.29, 1.82) is 0 Å². The third-order valence-electron chi connectivity index (χ3n) is 5.78. The van der Waals surface area contributed by atoms with Crippen molar-refractivity contribution in [3.63, 3.8) is 0 Å². The molecule has 0 radical (unpaired) electrons. The van der Waals surface area contributed by atoms with Gasteiger partial charge in [0.05, 0.1) is 6.61 Å². The number of thiophene rings is 1. The second-order valence-corrected chi connectivity index (χ2v) is 8.81. The first kappa shape index (κ1) is 15.1. The molecule has 4 heteroatoms. The van der Waals surface area contributed by atoms with Crippen molar-refractivity contribution >= 4 is 11.3 Å². The lowest BCUT2D eigenvalue weighted by Gasteiger charge is -2.30. The molecule has 4 rings (SSSR count). The van der Waals surface area contributed by atoms with Gasteiger partial charge in [-0.3, -0.25) is 4.90 Å². The van der Waals surface area contributed by atoms with E-state index in [1.165, 1.54) is 50.3 Å².